The number of aromatic nitrogens is 2. The normalized spacial score (nSPS) is 11.8. The second kappa shape index (κ2) is 13.1. The van der Waals surface area contributed by atoms with Gasteiger partial charge in [0.2, 0.25) is 5.89 Å². The van der Waals surface area contributed by atoms with E-state index in [2.05, 4.69) is 173 Å². The Bertz CT molecular complexity index is 3510. The Balaban J connectivity index is 1.14. The molecule has 9 aromatic carbocycles. The largest absolute Gasteiger partial charge is 0.434 e. The van der Waals surface area contributed by atoms with Crippen molar-refractivity contribution in [2.24, 2.45) is 0 Å². The molecule has 0 unspecified atom stereocenters. The number of hydrogen-bond donors (Lipinski definition) is 0. The molecule has 0 atom stereocenters. The van der Waals surface area contributed by atoms with E-state index in [0.29, 0.717) is 5.89 Å². The third-order valence-corrected chi connectivity index (χ3v) is 12.6. The van der Waals surface area contributed by atoms with Crippen LogP contribution in [0.1, 0.15) is 0 Å². The number of fused-ring (bicyclic) bond motifs is 9. The van der Waals surface area contributed by atoms with Crippen LogP contribution in [0.3, 0.4) is 0 Å². The smallest absolute Gasteiger partial charge is 0.227 e. The molecular formula is C53H33N3OS. The van der Waals surface area contributed by atoms with Gasteiger partial charge in [-0.3, -0.25) is 0 Å². The van der Waals surface area contributed by atoms with Crippen LogP contribution in [0.5, 0.6) is 0 Å². The molecule has 0 fully saturated rings. The number of benzene rings is 9. The minimum absolute atomic E-state index is 0.598. The average Bonchev–Trinajstić information content (AvgIpc) is 4.00. The molecule has 0 saturated carbocycles. The molecular weight excluding hydrogens is 727 g/mol. The molecule has 4 nitrogen and oxygen atoms in total. The van der Waals surface area contributed by atoms with Gasteiger partial charge in [-0.15, -0.1) is 11.3 Å². The topological polar surface area (TPSA) is 34.2 Å². The van der Waals surface area contributed by atoms with Gasteiger partial charge in [-0.05, 0) is 83.9 Å². The van der Waals surface area contributed by atoms with Gasteiger partial charge in [0.05, 0.1) is 22.4 Å². The zero-order chi connectivity index (χ0) is 38.2. The fraction of sp³-hybridized carbons (Fsp3) is 0. The summed E-state index contributed by atoms with van der Waals surface area (Å²) in [6, 6.07) is 71.5. The van der Waals surface area contributed by atoms with Crippen LogP contribution in [-0.2, 0) is 0 Å². The fourth-order valence-electron chi connectivity index (χ4n) is 8.77. The van der Waals surface area contributed by atoms with Crippen LogP contribution in [0.2, 0.25) is 0 Å². The van der Waals surface area contributed by atoms with Gasteiger partial charge in [0.1, 0.15) is 5.52 Å². The summed E-state index contributed by atoms with van der Waals surface area (Å²) in [5.41, 5.74) is 11.3. The highest BCUT2D eigenvalue weighted by Crippen LogP contribution is 2.48. The maximum absolute atomic E-state index is 6.74. The van der Waals surface area contributed by atoms with Gasteiger partial charge >= 0.3 is 0 Å². The predicted octanol–water partition coefficient (Wildman–Crippen LogP) is 15.2. The Kier molecular flexibility index (Phi) is 7.37. The number of para-hydroxylation sites is 2. The first-order chi connectivity index (χ1) is 28.8. The maximum atomic E-state index is 6.74. The molecule has 0 radical (unpaired) electrons. The summed E-state index contributed by atoms with van der Waals surface area (Å²) in [5, 5.41) is 7.26. The molecule has 12 aromatic rings. The lowest BCUT2D eigenvalue weighted by atomic mass is 10.0. The van der Waals surface area contributed by atoms with Crippen molar-refractivity contribution in [2.45, 2.75) is 0 Å². The number of anilines is 3. The summed E-state index contributed by atoms with van der Waals surface area (Å²) < 4.78 is 11.8. The molecule has 0 spiro atoms. The van der Waals surface area contributed by atoms with Crippen LogP contribution in [0.4, 0.5) is 17.1 Å². The van der Waals surface area contributed by atoms with Crippen LogP contribution in [0, 0.1) is 0 Å². The van der Waals surface area contributed by atoms with Gasteiger partial charge in [0, 0.05) is 58.7 Å². The first kappa shape index (κ1) is 32.7. The summed E-state index contributed by atoms with van der Waals surface area (Å²) in [4.78, 5) is 7.35. The van der Waals surface area contributed by atoms with Crippen molar-refractivity contribution in [2.75, 3.05) is 4.90 Å². The van der Waals surface area contributed by atoms with Crippen molar-refractivity contribution >= 4 is 92.2 Å². The minimum Gasteiger partial charge on any atom is -0.434 e. The van der Waals surface area contributed by atoms with Crippen LogP contribution >= 0.6 is 11.3 Å². The van der Waals surface area contributed by atoms with E-state index in [4.69, 9.17) is 9.40 Å². The van der Waals surface area contributed by atoms with Gasteiger partial charge in [-0.2, -0.15) is 0 Å². The van der Waals surface area contributed by atoms with Crippen molar-refractivity contribution in [1.29, 1.82) is 0 Å². The molecule has 3 aromatic heterocycles. The summed E-state index contributed by atoms with van der Waals surface area (Å²) in [6.45, 7) is 0. The Morgan fingerprint density at radius 1 is 0.448 bits per heavy atom. The number of thiophene rings is 1. The monoisotopic (exact) mass is 759 g/mol. The molecule has 0 aliphatic carbocycles. The lowest BCUT2D eigenvalue weighted by Gasteiger charge is -2.27. The van der Waals surface area contributed by atoms with Crippen LogP contribution in [0.15, 0.2) is 205 Å². The van der Waals surface area contributed by atoms with Crippen molar-refractivity contribution in [3.63, 3.8) is 0 Å². The van der Waals surface area contributed by atoms with E-state index in [1.54, 1.807) is 0 Å². The first-order valence-electron chi connectivity index (χ1n) is 19.5. The van der Waals surface area contributed by atoms with Crippen LogP contribution in [-0.4, -0.2) is 9.55 Å². The van der Waals surface area contributed by atoms with E-state index in [1.807, 2.05) is 47.7 Å². The molecule has 5 heteroatoms. The van der Waals surface area contributed by atoms with Crippen LogP contribution < -0.4 is 4.90 Å². The highest BCUT2D eigenvalue weighted by atomic mass is 32.1. The number of hydrogen-bond acceptors (Lipinski definition) is 4. The Morgan fingerprint density at radius 2 is 1.10 bits per heavy atom. The van der Waals surface area contributed by atoms with E-state index < -0.39 is 0 Å². The highest BCUT2D eigenvalue weighted by molar-refractivity contribution is 7.25. The van der Waals surface area contributed by atoms with Gasteiger partial charge in [0.25, 0.3) is 0 Å². The molecule has 0 amide bonds. The fourth-order valence-corrected chi connectivity index (χ4v) is 9.85. The van der Waals surface area contributed by atoms with E-state index >= 15 is 0 Å². The third-order valence-electron chi connectivity index (χ3n) is 11.4. The summed E-state index contributed by atoms with van der Waals surface area (Å²) in [5.74, 6) is 0.598. The molecule has 0 aliphatic rings. The second-order valence-corrected chi connectivity index (χ2v) is 15.8. The summed E-state index contributed by atoms with van der Waals surface area (Å²) >= 11 is 1.85. The maximum Gasteiger partial charge on any atom is 0.227 e. The SMILES string of the molecule is c1ccc(-c2ccc(N(c3cc4c5ccccc5n(-c5ccc6sc7ccccc7c6c5)c4c4ccccc34)c3cccc4nc(-c5ccccc5)oc34)cc2)cc1. The predicted molar refractivity (Wildman–Crippen MR) is 244 cm³/mol. The second-order valence-electron chi connectivity index (χ2n) is 14.7. The standard InChI is InChI=1S/C53H33N3OS/c1-3-14-34(15-4-1)35-26-28-37(29-27-35)55(47-24-13-22-45-52(47)57-53(54-45)36-16-5-2-6-17-36)48-33-44-40-19-9-11-23-46(40)56(51(44)42-21-8-7-18-39(42)48)38-30-31-50-43(32-38)41-20-10-12-25-49(41)58-50/h1-33H. The van der Waals surface area contributed by atoms with Crippen LogP contribution in [0.25, 0.3) is 92.1 Å². The van der Waals surface area contributed by atoms with Crippen molar-refractivity contribution in [1.82, 2.24) is 9.55 Å². The summed E-state index contributed by atoms with van der Waals surface area (Å²) in [7, 11) is 0. The van der Waals surface area contributed by atoms with Crippen molar-refractivity contribution < 1.29 is 4.42 Å². The van der Waals surface area contributed by atoms with E-state index in [0.717, 1.165) is 50.4 Å². The third kappa shape index (κ3) is 5.11. The zero-order valence-electron chi connectivity index (χ0n) is 31.2. The number of rotatable bonds is 6. The zero-order valence-corrected chi connectivity index (χ0v) is 32.0. The van der Waals surface area contributed by atoms with E-state index in [1.165, 1.54) is 52.9 Å². The number of oxazole rings is 1. The summed E-state index contributed by atoms with van der Waals surface area (Å²) in [6.07, 6.45) is 0. The van der Waals surface area contributed by atoms with Crippen molar-refractivity contribution in [3.05, 3.63) is 200 Å². The number of nitrogens with zero attached hydrogens (tertiary/aromatic N) is 3. The van der Waals surface area contributed by atoms with Gasteiger partial charge in [0.15, 0.2) is 5.58 Å². The Labute approximate surface area is 338 Å². The highest BCUT2D eigenvalue weighted by Gasteiger charge is 2.25. The van der Waals surface area contributed by atoms with Gasteiger partial charge in [-0.1, -0.05) is 127 Å². The molecule has 3 heterocycles. The quantitative estimate of drug-likeness (QED) is 0.169. The minimum atomic E-state index is 0.598. The molecule has 0 N–H and O–H groups in total. The Morgan fingerprint density at radius 3 is 1.91 bits per heavy atom. The van der Waals surface area contributed by atoms with Crippen molar-refractivity contribution in [3.8, 4) is 28.3 Å². The lowest BCUT2D eigenvalue weighted by molar-refractivity contribution is 0.620. The van der Waals surface area contributed by atoms with E-state index in [-0.39, 0.29) is 0 Å². The lowest BCUT2D eigenvalue weighted by Crippen LogP contribution is -2.11. The molecule has 0 saturated heterocycles. The first-order valence-corrected chi connectivity index (χ1v) is 20.4. The molecule has 0 bridgehead atoms. The molecule has 0 aliphatic heterocycles. The molecule has 58 heavy (non-hydrogen) atoms. The van der Waals surface area contributed by atoms with Gasteiger partial charge in [-0.25, -0.2) is 4.98 Å². The van der Waals surface area contributed by atoms with E-state index in [9.17, 15) is 0 Å². The Hall–Kier alpha value is -7.47. The molecule has 12 rings (SSSR count). The average molecular weight is 760 g/mol. The molecule has 272 valence electrons. The van der Waals surface area contributed by atoms with Gasteiger partial charge < -0.3 is 13.9 Å².